The van der Waals surface area contributed by atoms with Crippen molar-refractivity contribution in [2.24, 2.45) is 0 Å². The van der Waals surface area contributed by atoms with Crippen molar-refractivity contribution in [3.63, 3.8) is 0 Å². The molecule has 0 saturated carbocycles. The third kappa shape index (κ3) is 54.5. The van der Waals surface area contributed by atoms with Crippen LogP contribution in [0.25, 0.3) is 0 Å². The van der Waals surface area contributed by atoms with Gasteiger partial charge in [0.2, 0.25) is 0 Å². The molecule has 0 aromatic rings. The summed E-state index contributed by atoms with van der Waals surface area (Å²) in [7, 11) is -4.75. The first-order valence-electron chi connectivity index (χ1n) is 30.9. The molecule has 0 aromatic carbocycles. The molecule has 3 unspecified atom stereocenters. The minimum absolute atomic E-state index is 0.155. The Hall–Kier alpha value is -2.30. The second-order valence-electron chi connectivity index (χ2n) is 20.9. The predicted molar refractivity (Wildman–Crippen MR) is 307 cm³/mol. The highest BCUT2D eigenvalue weighted by molar-refractivity contribution is 7.47. The second-order valence-corrected chi connectivity index (χ2v) is 22.3. The first-order chi connectivity index (χ1) is 36.2. The van der Waals surface area contributed by atoms with Crippen LogP contribution in [0.3, 0.4) is 0 Å². The number of unbranched alkanes of at least 4 members (excludes halogenated alkanes) is 35. The van der Waals surface area contributed by atoms with Crippen LogP contribution in [-0.2, 0) is 42.2 Å². The summed E-state index contributed by atoms with van der Waals surface area (Å²) in [5.74, 6) is -1.47. The number of rotatable bonds is 58. The van der Waals surface area contributed by atoms with Crippen LogP contribution in [-0.4, -0.2) is 66.5 Å². The van der Waals surface area contributed by atoms with Crippen molar-refractivity contribution in [1.82, 2.24) is 0 Å². The summed E-state index contributed by atoms with van der Waals surface area (Å²) >= 11 is 0. The summed E-state index contributed by atoms with van der Waals surface area (Å²) in [6.45, 7) is 4.63. The lowest BCUT2D eigenvalue weighted by atomic mass is 10.0. The maximum atomic E-state index is 12.9. The molecule has 0 amide bonds. The second kappa shape index (κ2) is 56.9. The van der Waals surface area contributed by atoms with Gasteiger partial charge in [0.15, 0.2) is 6.10 Å². The minimum Gasteiger partial charge on any atom is -0.462 e. The maximum absolute atomic E-state index is 12.9. The van der Waals surface area contributed by atoms with Gasteiger partial charge in [-0.2, -0.15) is 0 Å². The maximum Gasteiger partial charge on any atom is 0.472 e. The molecule has 3 atom stereocenters. The third-order valence-electron chi connectivity index (χ3n) is 13.5. The monoisotopic (exact) mass is 1070 g/mol. The van der Waals surface area contributed by atoms with Crippen LogP contribution in [0.5, 0.6) is 0 Å². The largest absolute Gasteiger partial charge is 0.472 e. The zero-order chi connectivity index (χ0) is 54.1. The van der Waals surface area contributed by atoms with E-state index in [-0.39, 0.29) is 25.9 Å². The number of carbonyl (C=O) groups excluding carboxylic acids is 3. The lowest BCUT2D eigenvalue weighted by Gasteiger charge is -2.21. The fraction of sp³-hybridized carbons (Fsp3) is 0.855. The van der Waals surface area contributed by atoms with Crippen molar-refractivity contribution in [2.45, 2.75) is 315 Å². The minimum atomic E-state index is -4.75. The molecule has 434 valence electrons. The lowest BCUT2D eigenvalue weighted by molar-refractivity contribution is -0.161. The van der Waals surface area contributed by atoms with E-state index in [1.54, 1.807) is 0 Å². The van der Waals surface area contributed by atoms with Crippen molar-refractivity contribution in [1.29, 1.82) is 0 Å². The zero-order valence-corrected chi connectivity index (χ0v) is 49.0. The molecule has 0 spiro atoms. The first kappa shape index (κ1) is 71.7. The Kier molecular flexibility index (Phi) is 55.1. The number of esters is 3. The highest BCUT2D eigenvalue weighted by Crippen LogP contribution is 2.43. The Balaban J connectivity index is 4.68. The number of hydrogen-bond donors (Lipinski definition) is 2. The van der Waals surface area contributed by atoms with Crippen LogP contribution < -0.4 is 0 Å². The Morgan fingerprint density at radius 1 is 0.378 bits per heavy atom. The number of carbonyl (C=O) groups is 3. The van der Waals surface area contributed by atoms with Gasteiger partial charge in [0.25, 0.3) is 0 Å². The van der Waals surface area contributed by atoms with Gasteiger partial charge in [-0.05, 0) is 77.0 Å². The molecule has 0 rings (SSSR count). The van der Waals surface area contributed by atoms with Gasteiger partial charge >= 0.3 is 25.7 Å². The summed E-state index contributed by atoms with van der Waals surface area (Å²) in [5.41, 5.74) is 0. The number of aliphatic hydroxyl groups excluding tert-OH is 1. The molecule has 0 heterocycles. The predicted octanol–water partition coefficient (Wildman–Crippen LogP) is 18.4. The summed E-state index contributed by atoms with van der Waals surface area (Å²) in [6.07, 6.45) is 59.6. The van der Waals surface area contributed by atoms with Crippen molar-refractivity contribution in [2.75, 3.05) is 26.4 Å². The third-order valence-corrected chi connectivity index (χ3v) is 14.5. The van der Waals surface area contributed by atoms with Gasteiger partial charge < -0.3 is 24.2 Å². The lowest BCUT2D eigenvalue weighted by Crippen LogP contribution is -2.30. The fourth-order valence-corrected chi connectivity index (χ4v) is 9.58. The van der Waals surface area contributed by atoms with Gasteiger partial charge in [0.1, 0.15) is 12.7 Å². The van der Waals surface area contributed by atoms with Gasteiger partial charge in [-0.1, -0.05) is 243 Å². The highest BCUT2D eigenvalue weighted by Gasteiger charge is 2.28. The fourth-order valence-electron chi connectivity index (χ4n) is 8.79. The van der Waals surface area contributed by atoms with Gasteiger partial charge in [0, 0.05) is 19.3 Å². The number of ether oxygens (including phenoxy) is 3. The molecule has 11 nitrogen and oxygen atoms in total. The summed E-state index contributed by atoms with van der Waals surface area (Å²) in [6, 6.07) is 0. The number of aliphatic hydroxyl groups is 1. The number of phosphoric acid groups is 1. The van der Waals surface area contributed by atoms with Crippen LogP contribution in [0.15, 0.2) is 36.5 Å². The average Bonchev–Trinajstić information content (AvgIpc) is 3.39. The Morgan fingerprint density at radius 3 is 1.05 bits per heavy atom. The molecule has 74 heavy (non-hydrogen) atoms. The molecule has 12 heteroatoms. The number of hydrogen-bond acceptors (Lipinski definition) is 10. The van der Waals surface area contributed by atoms with Crippen LogP contribution in [0.2, 0.25) is 0 Å². The normalized spacial score (nSPS) is 13.5. The highest BCUT2D eigenvalue weighted by atomic mass is 31.2. The molecule has 0 aliphatic heterocycles. The van der Waals surface area contributed by atoms with E-state index < -0.39 is 57.8 Å². The Bertz CT molecular complexity index is 1380. The molecule has 0 aromatic heterocycles. The summed E-state index contributed by atoms with van der Waals surface area (Å²) < 4.78 is 39.6. The van der Waals surface area contributed by atoms with Crippen LogP contribution in [0, 0.1) is 0 Å². The number of phosphoric ester groups is 1. The molecule has 0 saturated heterocycles. The molecule has 0 fully saturated rings. The number of allylic oxidation sites excluding steroid dienone is 6. The van der Waals surface area contributed by atoms with Gasteiger partial charge in [-0.15, -0.1) is 0 Å². The van der Waals surface area contributed by atoms with E-state index in [2.05, 4.69) is 57.2 Å². The van der Waals surface area contributed by atoms with E-state index in [4.69, 9.17) is 23.3 Å². The van der Waals surface area contributed by atoms with Crippen molar-refractivity contribution in [3.05, 3.63) is 36.5 Å². The quantitative estimate of drug-likeness (QED) is 0.0197. The Labute approximate surface area is 454 Å². The summed E-state index contributed by atoms with van der Waals surface area (Å²) in [4.78, 5) is 48.6. The SMILES string of the molecule is CCCCC/C=C\C/C=C\CCCCCCCC(=O)OC(COC(=O)CCCCCCCCCCCCCCCCCCCCC)COP(=O)(O)OCC(CO)OC(=O)CCCCCCC/C=C\CCCCCC. The topological polar surface area (TPSA) is 155 Å². The zero-order valence-electron chi connectivity index (χ0n) is 48.1. The van der Waals surface area contributed by atoms with Gasteiger partial charge in [-0.3, -0.25) is 23.4 Å². The molecular weight excluding hydrogens is 952 g/mol. The van der Waals surface area contributed by atoms with Gasteiger partial charge in [0.05, 0.1) is 19.8 Å². The van der Waals surface area contributed by atoms with Crippen molar-refractivity contribution >= 4 is 25.7 Å². The van der Waals surface area contributed by atoms with E-state index in [1.807, 2.05) is 0 Å². The average molecular weight is 1070 g/mol. The van der Waals surface area contributed by atoms with E-state index in [9.17, 15) is 28.9 Å². The van der Waals surface area contributed by atoms with E-state index in [0.717, 1.165) is 103 Å². The summed E-state index contributed by atoms with van der Waals surface area (Å²) in [5, 5.41) is 9.82. The van der Waals surface area contributed by atoms with Crippen LogP contribution in [0.1, 0.15) is 303 Å². The Morgan fingerprint density at radius 2 is 0.662 bits per heavy atom. The molecule has 0 radical (unpaired) electrons. The molecule has 2 N–H and O–H groups in total. The molecular formula is C62H115O11P. The molecule has 0 aliphatic carbocycles. The first-order valence-corrected chi connectivity index (χ1v) is 32.4. The molecule has 0 bridgehead atoms. The van der Waals surface area contributed by atoms with E-state index in [1.165, 1.54) is 141 Å². The van der Waals surface area contributed by atoms with E-state index in [0.29, 0.717) is 19.3 Å². The smallest absolute Gasteiger partial charge is 0.462 e. The van der Waals surface area contributed by atoms with Crippen molar-refractivity contribution in [3.8, 4) is 0 Å². The van der Waals surface area contributed by atoms with Crippen molar-refractivity contribution < 1.29 is 52.2 Å². The van der Waals surface area contributed by atoms with Gasteiger partial charge in [-0.25, -0.2) is 4.57 Å². The van der Waals surface area contributed by atoms with E-state index >= 15 is 0 Å². The van der Waals surface area contributed by atoms with Crippen LogP contribution >= 0.6 is 7.82 Å². The standard InChI is InChI=1S/C62H115O11P/c1-4-7-10-13-16-19-22-25-27-28-29-30-32-34-36-39-42-45-48-51-60(64)69-55-59(73-62(66)53-50-47-44-41-38-35-31-26-23-20-17-14-11-8-5-2)57-71-74(67,68)70-56-58(54-63)72-61(65)52-49-46-43-40-37-33-24-21-18-15-12-9-6-3/h17,20-21,24,26,31,58-59,63H,4-16,18-19,22-23,25,27-30,32-57H2,1-3H3,(H,67,68)/b20-17-,24-21-,31-26-. The molecule has 0 aliphatic rings. The van der Waals surface area contributed by atoms with Crippen LogP contribution in [0.4, 0.5) is 0 Å².